The van der Waals surface area contributed by atoms with Crippen LogP contribution in [0, 0.1) is 0 Å². The van der Waals surface area contributed by atoms with Gasteiger partial charge in [0.1, 0.15) is 11.0 Å². The summed E-state index contributed by atoms with van der Waals surface area (Å²) in [5.74, 6) is 0.00377. The topological polar surface area (TPSA) is 90.9 Å². The number of hydrogen-bond donors (Lipinski definition) is 1. The maximum absolute atomic E-state index is 12.8. The van der Waals surface area contributed by atoms with Crippen LogP contribution in [0.3, 0.4) is 0 Å². The van der Waals surface area contributed by atoms with Crippen LogP contribution in [-0.2, 0) is 9.47 Å². The molecule has 0 amide bonds. The van der Waals surface area contributed by atoms with Crippen molar-refractivity contribution in [3.05, 3.63) is 64.5 Å². The lowest BCUT2D eigenvalue weighted by Crippen LogP contribution is -2.08. The number of carbonyl (C=O) groups excluding carboxylic acids is 1. The van der Waals surface area contributed by atoms with Gasteiger partial charge in [-0.15, -0.1) is 0 Å². The molecule has 0 saturated carbocycles. The quantitative estimate of drug-likeness (QED) is 0.300. The fourth-order valence-corrected chi connectivity index (χ4v) is 3.27. The second-order valence-electron chi connectivity index (χ2n) is 6.38. The maximum atomic E-state index is 12.8. The molecule has 0 radical (unpaired) electrons. The lowest BCUT2D eigenvalue weighted by atomic mass is 10.0. The number of para-hydroxylation sites is 1. The van der Waals surface area contributed by atoms with Crippen LogP contribution in [0.5, 0.6) is 0 Å². The first-order valence-corrected chi connectivity index (χ1v) is 9.04. The molecule has 0 bridgehead atoms. The third-order valence-electron chi connectivity index (χ3n) is 4.63. The average Bonchev–Trinajstić information content (AvgIpc) is 3.14. The molecule has 0 aliphatic carbocycles. The molecule has 7 nitrogen and oxygen atoms in total. The van der Waals surface area contributed by atoms with Crippen LogP contribution in [0.4, 0.5) is 5.88 Å². The Balaban J connectivity index is 1.94. The van der Waals surface area contributed by atoms with E-state index in [-0.39, 0.29) is 0 Å². The molecule has 2 aromatic carbocycles. The minimum atomic E-state index is -0.491. The summed E-state index contributed by atoms with van der Waals surface area (Å²) in [4.78, 5) is 24.5. The Labute approximate surface area is 165 Å². The van der Waals surface area contributed by atoms with E-state index >= 15 is 0 Å². The minimum Gasteiger partial charge on any atom is -0.465 e. The largest absolute Gasteiger partial charge is 0.465 e. The highest BCUT2D eigenvalue weighted by molar-refractivity contribution is 6.09. The van der Waals surface area contributed by atoms with E-state index in [4.69, 9.17) is 18.3 Å². The van der Waals surface area contributed by atoms with E-state index in [9.17, 15) is 9.59 Å². The summed E-state index contributed by atoms with van der Waals surface area (Å²) in [6.07, 6.45) is 0. The number of furan rings is 1. The third-order valence-corrected chi connectivity index (χ3v) is 4.63. The van der Waals surface area contributed by atoms with Crippen LogP contribution in [-0.4, -0.2) is 33.3 Å². The fourth-order valence-electron chi connectivity index (χ4n) is 3.27. The summed E-state index contributed by atoms with van der Waals surface area (Å²) in [6.45, 7) is 0.958. The number of benzene rings is 2. The first kappa shape index (κ1) is 18.8. The minimum absolute atomic E-state index is 0.342. The monoisotopic (exact) mass is 393 g/mol. The molecule has 0 spiro atoms. The Kier molecular flexibility index (Phi) is 5.05. The molecule has 2 heterocycles. The first-order valence-electron chi connectivity index (χ1n) is 9.04. The average molecular weight is 393 g/mol. The van der Waals surface area contributed by atoms with Crippen LogP contribution >= 0.6 is 0 Å². The van der Waals surface area contributed by atoms with Crippen molar-refractivity contribution in [3.63, 3.8) is 0 Å². The molecule has 1 N–H and O–H groups in total. The van der Waals surface area contributed by atoms with E-state index in [0.29, 0.717) is 57.7 Å². The number of anilines is 1. The summed E-state index contributed by atoms with van der Waals surface area (Å²) in [7, 11) is 2.93. The molecule has 0 aliphatic heterocycles. The maximum Gasteiger partial charge on any atom is 0.348 e. The molecule has 0 aliphatic rings. The van der Waals surface area contributed by atoms with Gasteiger partial charge in [-0.2, -0.15) is 0 Å². The SMILES string of the molecule is COCCNc1oc2c(c1-c1ccc(C(=O)OC)cc1)c(=O)oc1ccccc12. The predicted molar refractivity (Wildman–Crippen MR) is 109 cm³/mol. The van der Waals surface area contributed by atoms with Gasteiger partial charge in [0.15, 0.2) is 5.58 Å². The van der Waals surface area contributed by atoms with Gasteiger partial charge in [0.05, 0.1) is 30.2 Å². The predicted octanol–water partition coefficient (Wildman–Crippen LogP) is 4.05. The van der Waals surface area contributed by atoms with Gasteiger partial charge in [0, 0.05) is 13.7 Å². The summed E-state index contributed by atoms with van der Waals surface area (Å²) in [5, 5.41) is 4.22. The van der Waals surface area contributed by atoms with E-state index in [1.54, 1.807) is 43.5 Å². The molecule has 148 valence electrons. The zero-order valence-electron chi connectivity index (χ0n) is 16.0. The number of methoxy groups -OCH3 is 2. The third kappa shape index (κ3) is 3.36. The van der Waals surface area contributed by atoms with Crippen molar-refractivity contribution in [2.45, 2.75) is 0 Å². The Morgan fingerprint density at radius 2 is 1.79 bits per heavy atom. The number of rotatable bonds is 6. The molecular weight excluding hydrogens is 374 g/mol. The van der Waals surface area contributed by atoms with Crippen molar-refractivity contribution in [2.75, 3.05) is 32.7 Å². The highest BCUT2D eigenvalue weighted by Gasteiger charge is 2.22. The number of hydrogen-bond acceptors (Lipinski definition) is 7. The summed E-state index contributed by atoms with van der Waals surface area (Å²) < 4.78 is 21.4. The second-order valence-corrected chi connectivity index (χ2v) is 6.38. The van der Waals surface area contributed by atoms with Gasteiger partial charge >= 0.3 is 11.6 Å². The molecule has 4 rings (SSSR count). The van der Waals surface area contributed by atoms with Gasteiger partial charge < -0.3 is 23.6 Å². The Hall–Kier alpha value is -3.58. The van der Waals surface area contributed by atoms with Crippen molar-refractivity contribution in [3.8, 4) is 11.1 Å². The molecule has 0 atom stereocenters. The van der Waals surface area contributed by atoms with Crippen LogP contribution in [0.2, 0.25) is 0 Å². The lowest BCUT2D eigenvalue weighted by molar-refractivity contribution is 0.0600. The van der Waals surface area contributed by atoms with E-state index in [1.165, 1.54) is 7.11 Å². The Bertz CT molecular complexity index is 1240. The Morgan fingerprint density at radius 3 is 2.52 bits per heavy atom. The first-order chi connectivity index (χ1) is 14.1. The van der Waals surface area contributed by atoms with E-state index < -0.39 is 11.6 Å². The van der Waals surface area contributed by atoms with Gasteiger partial charge in [-0.25, -0.2) is 9.59 Å². The van der Waals surface area contributed by atoms with Crippen molar-refractivity contribution in [2.24, 2.45) is 0 Å². The van der Waals surface area contributed by atoms with E-state index in [1.807, 2.05) is 12.1 Å². The summed E-state index contributed by atoms with van der Waals surface area (Å²) >= 11 is 0. The second kappa shape index (κ2) is 7.81. The standard InChI is InChI=1S/C22H19NO6/c1-26-12-11-23-20-17(13-7-9-14(10-8-13)21(24)27-2)18-19(29-20)15-5-3-4-6-16(15)28-22(18)25/h3-10,23H,11-12H2,1-2H3. The Morgan fingerprint density at radius 1 is 1.03 bits per heavy atom. The zero-order valence-corrected chi connectivity index (χ0v) is 16.0. The molecule has 2 aromatic heterocycles. The fraction of sp³-hybridized carbons (Fsp3) is 0.182. The van der Waals surface area contributed by atoms with Crippen molar-refractivity contribution in [1.29, 1.82) is 0 Å². The van der Waals surface area contributed by atoms with Gasteiger partial charge in [-0.3, -0.25) is 0 Å². The van der Waals surface area contributed by atoms with Crippen molar-refractivity contribution >= 4 is 33.8 Å². The number of carbonyl (C=O) groups is 1. The summed E-state index contributed by atoms with van der Waals surface area (Å²) in [5.41, 5.74) is 2.11. The molecule has 0 saturated heterocycles. The number of esters is 1. The molecular formula is C22H19NO6. The van der Waals surface area contributed by atoms with E-state index in [0.717, 1.165) is 0 Å². The van der Waals surface area contributed by atoms with E-state index in [2.05, 4.69) is 5.32 Å². The molecule has 29 heavy (non-hydrogen) atoms. The van der Waals surface area contributed by atoms with Gasteiger partial charge in [-0.05, 0) is 29.8 Å². The normalized spacial score (nSPS) is 11.1. The lowest BCUT2D eigenvalue weighted by Gasteiger charge is -2.06. The van der Waals surface area contributed by atoms with Crippen LogP contribution < -0.4 is 10.9 Å². The van der Waals surface area contributed by atoms with Gasteiger partial charge in [0.25, 0.3) is 0 Å². The van der Waals surface area contributed by atoms with Crippen LogP contribution in [0.25, 0.3) is 33.1 Å². The molecule has 7 heteroatoms. The summed E-state index contributed by atoms with van der Waals surface area (Å²) in [6, 6.07) is 14.0. The van der Waals surface area contributed by atoms with Crippen molar-refractivity contribution in [1.82, 2.24) is 0 Å². The zero-order chi connectivity index (χ0) is 20.4. The smallest absolute Gasteiger partial charge is 0.348 e. The highest BCUT2D eigenvalue weighted by atomic mass is 16.5. The molecule has 0 unspecified atom stereocenters. The van der Waals surface area contributed by atoms with Crippen LogP contribution in [0.1, 0.15) is 10.4 Å². The number of nitrogens with one attached hydrogen (secondary N) is 1. The van der Waals surface area contributed by atoms with Crippen LogP contribution in [0.15, 0.2) is 62.2 Å². The number of fused-ring (bicyclic) bond motifs is 3. The molecule has 0 fully saturated rings. The molecule has 4 aromatic rings. The van der Waals surface area contributed by atoms with Crippen molar-refractivity contribution < 1.29 is 23.1 Å². The number of ether oxygens (including phenoxy) is 2. The highest BCUT2D eigenvalue weighted by Crippen LogP contribution is 2.39. The van der Waals surface area contributed by atoms with Gasteiger partial charge in [0.2, 0.25) is 5.88 Å². The van der Waals surface area contributed by atoms with Gasteiger partial charge in [-0.1, -0.05) is 24.3 Å².